The van der Waals surface area contributed by atoms with Crippen LogP contribution in [0.3, 0.4) is 0 Å². The maximum absolute atomic E-state index is 8.13. The van der Waals surface area contributed by atoms with Crippen LogP contribution in [-0.2, 0) is 0 Å². The first kappa shape index (κ1) is 13.7. The number of H-pyrrole nitrogens is 1. The number of aliphatic imine (C=N–C) groups is 1. The van der Waals surface area contributed by atoms with Crippen molar-refractivity contribution >= 4 is 11.6 Å². The van der Waals surface area contributed by atoms with E-state index in [1.807, 2.05) is 30.6 Å². The Hall–Kier alpha value is -3.26. The Morgan fingerprint density at radius 1 is 1.00 bits per heavy atom. The fourth-order valence-corrected chi connectivity index (χ4v) is 0.604. The van der Waals surface area contributed by atoms with Crippen molar-refractivity contribution in [1.82, 2.24) is 0 Å². The van der Waals surface area contributed by atoms with Crippen LogP contribution in [0, 0.1) is 34.0 Å². The van der Waals surface area contributed by atoms with Gasteiger partial charge in [0.2, 0.25) is 5.71 Å². The molecule has 6 heteroatoms. The average molecular weight is 222 g/mol. The number of hydrogen-bond acceptors (Lipinski definition) is 4. The van der Waals surface area contributed by atoms with E-state index in [0.29, 0.717) is 0 Å². The number of nitrogens with zero attached hydrogens (tertiary/aromatic N) is 5. The molecular formula is C11H6N6. The van der Waals surface area contributed by atoms with Gasteiger partial charge in [0.1, 0.15) is 18.2 Å². The summed E-state index contributed by atoms with van der Waals surface area (Å²) in [7, 11) is 0. The van der Waals surface area contributed by atoms with E-state index in [9.17, 15) is 0 Å². The van der Waals surface area contributed by atoms with E-state index in [1.165, 1.54) is 24.1 Å². The predicted octanol–water partition coefficient (Wildman–Crippen LogP) is 0.622. The zero-order valence-electron chi connectivity index (χ0n) is 8.62. The van der Waals surface area contributed by atoms with E-state index in [4.69, 9.17) is 21.2 Å². The molecule has 0 saturated heterocycles. The van der Waals surface area contributed by atoms with Crippen LogP contribution < -0.4 is 4.98 Å². The summed E-state index contributed by atoms with van der Waals surface area (Å²) in [5, 5.41) is 32.5. The van der Waals surface area contributed by atoms with E-state index in [0.717, 1.165) is 0 Å². The SMILES string of the molecule is N#CC(=C=[N-])N=C(C#N)C#N.c1cc[nH+]cc1. The molecule has 0 spiro atoms. The van der Waals surface area contributed by atoms with E-state index in [1.54, 1.807) is 0 Å². The van der Waals surface area contributed by atoms with Gasteiger partial charge in [-0.1, -0.05) is 6.07 Å². The second-order valence-electron chi connectivity index (χ2n) is 2.33. The van der Waals surface area contributed by atoms with Crippen LogP contribution in [0.15, 0.2) is 41.3 Å². The summed E-state index contributed by atoms with van der Waals surface area (Å²) < 4.78 is 0. The van der Waals surface area contributed by atoms with Gasteiger partial charge in [-0.15, -0.1) is 0 Å². The first-order chi connectivity index (χ1) is 8.28. The molecule has 1 rings (SSSR count). The van der Waals surface area contributed by atoms with Gasteiger partial charge in [0.05, 0.1) is 0 Å². The summed E-state index contributed by atoms with van der Waals surface area (Å²) in [4.78, 5) is 6.03. The molecule has 0 aromatic carbocycles. The van der Waals surface area contributed by atoms with E-state index in [2.05, 4.69) is 9.98 Å². The molecule has 1 aromatic heterocycles. The van der Waals surface area contributed by atoms with E-state index >= 15 is 0 Å². The lowest BCUT2D eigenvalue weighted by Crippen LogP contribution is -1.93. The van der Waals surface area contributed by atoms with Crippen LogP contribution in [0.2, 0.25) is 0 Å². The molecular weight excluding hydrogens is 216 g/mol. The first-order valence-corrected chi connectivity index (χ1v) is 4.25. The van der Waals surface area contributed by atoms with E-state index in [-0.39, 0.29) is 0 Å². The Morgan fingerprint density at radius 3 is 1.82 bits per heavy atom. The molecule has 80 valence electrons. The monoisotopic (exact) mass is 222 g/mol. The molecule has 0 fully saturated rings. The van der Waals surface area contributed by atoms with Crippen LogP contribution in [0.25, 0.3) is 5.41 Å². The summed E-state index contributed by atoms with van der Waals surface area (Å²) in [5.74, 6) is 1.42. The van der Waals surface area contributed by atoms with Gasteiger partial charge >= 0.3 is 0 Å². The van der Waals surface area contributed by atoms with Crippen LogP contribution in [0.1, 0.15) is 0 Å². The van der Waals surface area contributed by atoms with Crippen LogP contribution in [0.4, 0.5) is 0 Å². The lowest BCUT2D eigenvalue weighted by Gasteiger charge is -1.82. The topological polar surface area (TPSA) is 120 Å². The Balaban J connectivity index is 0.000000354. The summed E-state index contributed by atoms with van der Waals surface area (Å²) in [6.45, 7) is 0. The molecule has 6 nitrogen and oxygen atoms in total. The number of hydrogen-bond donors (Lipinski definition) is 0. The third-order valence-corrected chi connectivity index (χ3v) is 1.25. The van der Waals surface area contributed by atoms with Gasteiger partial charge < -0.3 is 5.41 Å². The highest BCUT2D eigenvalue weighted by atomic mass is 14.8. The highest BCUT2D eigenvalue weighted by Crippen LogP contribution is 1.88. The number of aromatic amines is 1. The normalized spacial score (nSPS) is 6.65. The van der Waals surface area contributed by atoms with Crippen molar-refractivity contribution in [2.75, 3.05) is 0 Å². The molecule has 1 aromatic rings. The Bertz CT molecular complexity index is 504. The second kappa shape index (κ2) is 9.30. The fourth-order valence-electron chi connectivity index (χ4n) is 0.604. The standard InChI is InChI=1S/C6N5.C5H5N/c7-1-5(2-8)11-6(3-9)4-10;1-2-4-6-5-3-1/h;1-5H/q-1;/p+1. The number of pyridine rings is 1. The summed E-state index contributed by atoms with van der Waals surface area (Å²) >= 11 is 0. The minimum absolute atomic E-state index is 0.497. The molecule has 0 amide bonds. The number of rotatable bonds is 1. The molecule has 0 aliphatic rings. The van der Waals surface area contributed by atoms with Crippen molar-refractivity contribution in [3.63, 3.8) is 0 Å². The molecule has 0 unspecified atom stereocenters. The van der Waals surface area contributed by atoms with Gasteiger partial charge in [0, 0.05) is 12.1 Å². The smallest absolute Gasteiger partial charge is 0.219 e. The van der Waals surface area contributed by atoms with Crippen LogP contribution in [0.5, 0.6) is 0 Å². The van der Waals surface area contributed by atoms with Gasteiger partial charge in [-0.2, -0.15) is 15.8 Å². The third-order valence-electron chi connectivity index (χ3n) is 1.25. The molecule has 1 N–H and O–H groups in total. The molecule has 0 radical (unpaired) electrons. The number of aromatic nitrogens is 1. The summed E-state index contributed by atoms with van der Waals surface area (Å²) in [5.41, 5.74) is -0.994. The quantitative estimate of drug-likeness (QED) is 0.511. The van der Waals surface area contributed by atoms with Gasteiger partial charge in [-0.3, -0.25) is 0 Å². The number of allylic oxidation sites excluding steroid dienone is 1. The van der Waals surface area contributed by atoms with Gasteiger partial charge in [-0.25, -0.2) is 15.8 Å². The van der Waals surface area contributed by atoms with Gasteiger partial charge in [0.25, 0.3) is 0 Å². The van der Waals surface area contributed by atoms with Crippen molar-refractivity contribution in [3.8, 4) is 18.2 Å². The predicted molar refractivity (Wildman–Crippen MR) is 59.2 cm³/mol. The fraction of sp³-hybridized carbons (Fsp3) is 0. The molecule has 0 bridgehead atoms. The van der Waals surface area contributed by atoms with Crippen molar-refractivity contribution < 1.29 is 4.98 Å². The third kappa shape index (κ3) is 6.76. The molecule has 0 atom stereocenters. The minimum atomic E-state index is -0.497. The second-order valence-corrected chi connectivity index (χ2v) is 2.33. The van der Waals surface area contributed by atoms with Crippen molar-refractivity contribution in [1.29, 1.82) is 15.8 Å². The van der Waals surface area contributed by atoms with Crippen LogP contribution >= 0.6 is 0 Å². The largest absolute Gasteiger partial charge is 0.761 e. The lowest BCUT2D eigenvalue weighted by molar-refractivity contribution is -0.377. The zero-order valence-corrected chi connectivity index (χ0v) is 8.62. The van der Waals surface area contributed by atoms with Gasteiger partial charge in [-0.05, 0) is 0 Å². The molecule has 0 aliphatic heterocycles. The Kier molecular flexibility index (Phi) is 7.52. The summed E-state index contributed by atoms with van der Waals surface area (Å²) in [6, 6.07) is 10.1. The number of nitriles is 3. The lowest BCUT2D eigenvalue weighted by atomic mass is 10.4. The first-order valence-electron chi connectivity index (χ1n) is 4.25. The maximum Gasteiger partial charge on any atom is 0.219 e. The Labute approximate surface area is 97.9 Å². The molecule has 17 heavy (non-hydrogen) atoms. The Morgan fingerprint density at radius 2 is 1.59 bits per heavy atom. The van der Waals surface area contributed by atoms with Crippen molar-refractivity contribution in [2.24, 2.45) is 4.99 Å². The average Bonchev–Trinajstić information content (AvgIpc) is 2.43. The van der Waals surface area contributed by atoms with Gasteiger partial charge in [0.15, 0.2) is 18.1 Å². The highest BCUT2D eigenvalue weighted by Gasteiger charge is 1.93. The summed E-state index contributed by atoms with van der Waals surface area (Å²) in [6.07, 6.45) is 3.75. The highest BCUT2D eigenvalue weighted by molar-refractivity contribution is 6.11. The zero-order chi connectivity index (χ0) is 12.9. The molecule has 0 aliphatic carbocycles. The molecule has 0 saturated carbocycles. The van der Waals surface area contributed by atoms with E-state index < -0.39 is 11.4 Å². The van der Waals surface area contributed by atoms with Crippen LogP contribution in [-0.4, -0.2) is 11.6 Å². The molecule has 1 heterocycles. The van der Waals surface area contributed by atoms with Crippen molar-refractivity contribution in [2.45, 2.75) is 0 Å². The van der Waals surface area contributed by atoms with Crippen molar-refractivity contribution in [3.05, 3.63) is 41.7 Å². The minimum Gasteiger partial charge on any atom is -0.761 e. The maximum atomic E-state index is 8.13. The number of nitrogens with one attached hydrogen (secondary N) is 1.